The van der Waals surface area contributed by atoms with Crippen LogP contribution in [0, 0.1) is 10.1 Å². The first-order valence-electron chi connectivity index (χ1n) is 8.91. The Morgan fingerprint density at radius 1 is 1.25 bits per heavy atom. The summed E-state index contributed by atoms with van der Waals surface area (Å²) in [5.41, 5.74) is 0.307. The number of hydrogen-bond acceptors (Lipinski definition) is 10. The smallest absolute Gasteiger partial charge is 0.387 e. The van der Waals surface area contributed by atoms with E-state index in [1.807, 2.05) is 0 Å². The standard InChI is InChI=1S/C19H16F2N4O7/c1-22-12-5-3-11(7-13(12)25(27)28)18(26)30-9-16-23-17(24-32-16)10-4-6-14(31-19(20)21)15(8-10)29-2/h3-8,19,22H,9H2,1-2H3. The van der Waals surface area contributed by atoms with E-state index in [0.717, 1.165) is 6.07 Å². The van der Waals surface area contributed by atoms with E-state index >= 15 is 0 Å². The van der Waals surface area contributed by atoms with Crippen molar-refractivity contribution >= 4 is 17.3 Å². The maximum atomic E-state index is 12.4. The van der Waals surface area contributed by atoms with Gasteiger partial charge in [0.05, 0.1) is 17.6 Å². The number of esters is 1. The van der Waals surface area contributed by atoms with Crippen molar-refractivity contribution in [2.24, 2.45) is 0 Å². The first-order valence-corrected chi connectivity index (χ1v) is 8.91. The Labute approximate surface area is 179 Å². The number of carbonyl (C=O) groups is 1. The van der Waals surface area contributed by atoms with Crippen molar-refractivity contribution in [1.29, 1.82) is 0 Å². The number of ether oxygens (including phenoxy) is 3. The molecule has 0 bridgehead atoms. The van der Waals surface area contributed by atoms with Crippen LogP contribution in [-0.4, -0.2) is 41.8 Å². The summed E-state index contributed by atoms with van der Waals surface area (Å²) >= 11 is 0. The average Bonchev–Trinajstić information content (AvgIpc) is 3.25. The van der Waals surface area contributed by atoms with Gasteiger partial charge >= 0.3 is 12.6 Å². The van der Waals surface area contributed by atoms with Crippen LogP contribution in [0.4, 0.5) is 20.2 Å². The Kier molecular flexibility index (Phi) is 6.77. The van der Waals surface area contributed by atoms with Crippen LogP contribution in [0.15, 0.2) is 40.9 Å². The lowest BCUT2D eigenvalue weighted by Crippen LogP contribution is -2.07. The van der Waals surface area contributed by atoms with Gasteiger partial charge in [-0.1, -0.05) is 5.16 Å². The summed E-state index contributed by atoms with van der Waals surface area (Å²) in [7, 11) is 2.80. The zero-order chi connectivity index (χ0) is 23.3. The number of nitrogens with one attached hydrogen (secondary N) is 1. The molecule has 1 N–H and O–H groups in total. The van der Waals surface area contributed by atoms with E-state index in [-0.39, 0.29) is 40.2 Å². The molecule has 0 aliphatic heterocycles. The molecule has 1 heterocycles. The monoisotopic (exact) mass is 450 g/mol. The summed E-state index contributed by atoms with van der Waals surface area (Å²) in [4.78, 5) is 26.8. The van der Waals surface area contributed by atoms with Gasteiger partial charge in [-0.15, -0.1) is 0 Å². The van der Waals surface area contributed by atoms with Crippen LogP contribution < -0.4 is 14.8 Å². The van der Waals surface area contributed by atoms with E-state index in [9.17, 15) is 23.7 Å². The molecule has 0 amide bonds. The van der Waals surface area contributed by atoms with Gasteiger partial charge in [-0.05, 0) is 30.3 Å². The molecule has 0 saturated carbocycles. The SMILES string of the molecule is CNc1ccc(C(=O)OCc2nc(-c3ccc(OC(F)F)c(OC)c3)no2)cc1[N+](=O)[O-]. The Hall–Kier alpha value is -4.29. The molecular formula is C19H16F2N4O7. The number of hydrogen-bond donors (Lipinski definition) is 1. The first-order chi connectivity index (χ1) is 15.3. The summed E-state index contributed by atoms with van der Waals surface area (Å²) in [6.07, 6.45) is 0. The van der Waals surface area contributed by atoms with Crippen molar-refractivity contribution in [2.75, 3.05) is 19.5 Å². The van der Waals surface area contributed by atoms with Gasteiger partial charge in [-0.2, -0.15) is 13.8 Å². The number of anilines is 1. The molecule has 0 unspecified atom stereocenters. The Balaban J connectivity index is 1.70. The molecule has 0 saturated heterocycles. The number of benzene rings is 2. The van der Waals surface area contributed by atoms with Gasteiger partial charge in [0, 0.05) is 18.7 Å². The Morgan fingerprint density at radius 3 is 2.69 bits per heavy atom. The molecule has 13 heteroatoms. The van der Waals surface area contributed by atoms with Gasteiger partial charge in [0.1, 0.15) is 5.69 Å². The van der Waals surface area contributed by atoms with Crippen LogP contribution >= 0.6 is 0 Å². The summed E-state index contributed by atoms with van der Waals surface area (Å²) in [5.74, 6) is -0.923. The number of nitrogens with zero attached hydrogens (tertiary/aromatic N) is 3. The highest BCUT2D eigenvalue weighted by atomic mass is 19.3. The fourth-order valence-corrected chi connectivity index (χ4v) is 2.66. The second kappa shape index (κ2) is 9.68. The Bertz CT molecular complexity index is 1140. The van der Waals surface area contributed by atoms with Gasteiger partial charge < -0.3 is 24.1 Å². The summed E-state index contributed by atoms with van der Waals surface area (Å²) in [5, 5.41) is 17.5. The van der Waals surface area contributed by atoms with Crippen LogP contribution in [0.1, 0.15) is 16.2 Å². The average molecular weight is 450 g/mol. The first kappa shape index (κ1) is 22.4. The second-order valence-electron chi connectivity index (χ2n) is 6.07. The molecule has 1 aromatic heterocycles. The number of alkyl halides is 2. The molecule has 11 nitrogen and oxygen atoms in total. The zero-order valence-corrected chi connectivity index (χ0v) is 16.7. The number of nitro benzene ring substituents is 1. The lowest BCUT2D eigenvalue weighted by atomic mass is 10.1. The fourth-order valence-electron chi connectivity index (χ4n) is 2.66. The summed E-state index contributed by atoms with van der Waals surface area (Å²) in [6, 6.07) is 7.90. The largest absolute Gasteiger partial charge is 0.493 e. The number of aromatic nitrogens is 2. The molecule has 0 aliphatic carbocycles. The highest BCUT2D eigenvalue weighted by Gasteiger charge is 2.19. The third-order valence-corrected chi connectivity index (χ3v) is 4.13. The molecule has 2 aromatic carbocycles. The predicted molar refractivity (Wildman–Crippen MR) is 105 cm³/mol. The number of nitro groups is 1. The van der Waals surface area contributed by atoms with E-state index in [4.69, 9.17) is 14.0 Å². The van der Waals surface area contributed by atoms with Gasteiger partial charge in [0.25, 0.3) is 11.6 Å². The minimum absolute atomic E-state index is 0.0326. The minimum atomic E-state index is -3.02. The molecule has 0 spiro atoms. The molecular weight excluding hydrogens is 434 g/mol. The topological polar surface area (TPSA) is 139 Å². The molecule has 3 rings (SSSR count). The van der Waals surface area contributed by atoms with Crippen molar-refractivity contribution in [2.45, 2.75) is 13.2 Å². The van der Waals surface area contributed by atoms with E-state index in [1.165, 1.54) is 44.5 Å². The molecule has 168 valence electrons. The van der Waals surface area contributed by atoms with Gasteiger partial charge in [0.2, 0.25) is 5.82 Å². The molecule has 0 radical (unpaired) electrons. The fraction of sp³-hybridized carbons (Fsp3) is 0.211. The normalized spacial score (nSPS) is 10.7. The number of halogens is 2. The Morgan fingerprint density at radius 2 is 2.03 bits per heavy atom. The van der Waals surface area contributed by atoms with Crippen LogP contribution in [-0.2, 0) is 11.3 Å². The van der Waals surface area contributed by atoms with Crippen molar-refractivity contribution in [3.8, 4) is 22.9 Å². The zero-order valence-electron chi connectivity index (χ0n) is 16.7. The van der Waals surface area contributed by atoms with Gasteiger partial charge in [-0.3, -0.25) is 10.1 Å². The lowest BCUT2D eigenvalue weighted by molar-refractivity contribution is -0.384. The quantitative estimate of drug-likeness (QED) is 0.292. The molecule has 0 aliphatic rings. The highest BCUT2D eigenvalue weighted by molar-refractivity contribution is 5.91. The number of methoxy groups -OCH3 is 1. The molecule has 0 fully saturated rings. The molecule has 3 aromatic rings. The highest BCUT2D eigenvalue weighted by Crippen LogP contribution is 2.32. The third kappa shape index (κ3) is 5.06. The van der Waals surface area contributed by atoms with Gasteiger partial charge in [-0.25, -0.2) is 4.79 Å². The van der Waals surface area contributed by atoms with E-state index < -0.39 is 24.1 Å². The van der Waals surface area contributed by atoms with Crippen molar-refractivity contribution in [3.63, 3.8) is 0 Å². The van der Waals surface area contributed by atoms with Crippen LogP contribution in [0.5, 0.6) is 11.5 Å². The molecule has 0 atom stereocenters. The molecule has 32 heavy (non-hydrogen) atoms. The minimum Gasteiger partial charge on any atom is -0.493 e. The maximum Gasteiger partial charge on any atom is 0.387 e. The summed E-state index contributed by atoms with van der Waals surface area (Å²) < 4.78 is 44.3. The van der Waals surface area contributed by atoms with E-state index in [1.54, 1.807) is 0 Å². The van der Waals surface area contributed by atoms with E-state index in [2.05, 4.69) is 20.2 Å². The summed E-state index contributed by atoms with van der Waals surface area (Å²) in [6.45, 7) is -3.41. The predicted octanol–water partition coefficient (Wildman–Crippen LogP) is 3.65. The number of carbonyl (C=O) groups excluding carboxylic acids is 1. The van der Waals surface area contributed by atoms with Crippen LogP contribution in [0.3, 0.4) is 0 Å². The van der Waals surface area contributed by atoms with Crippen molar-refractivity contribution < 1.29 is 37.2 Å². The second-order valence-corrected chi connectivity index (χ2v) is 6.07. The number of rotatable bonds is 9. The lowest BCUT2D eigenvalue weighted by Gasteiger charge is -2.10. The van der Waals surface area contributed by atoms with Crippen molar-refractivity contribution in [1.82, 2.24) is 10.1 Å². The maximum absolute atomic E-state index is 12.4. The third-order valence-electron chi connectivity index (χ3n) is 4.13. The van der Waals surface area contributed by atoms with Crippen molar-refractivity contribution in [3.05, 3.63) is 58.0 Å². The van der Waals surface area contributed by atoms with Crippen LogP contribution in [0.2, 0.25) is 0 Å². The van der Waals surface area contributed by atoms with Crippen LogP contribution in [0.25, 0.3) is 11.4 Å². The van der Waals surface area contributed by atoms with Gasteiger partial charge in [0.15, 0.2) is 18.1 Å². The van der Waals surface area contributed by atoms with E-state index in [0.29, 0.717) is 5.56 Å².